The van der Waals surface area contributed by atoms with Gasteiger partial charge < -0.3 is 9.47 Å². The first-order valence-corrected chi connectivity index (χ1v) is 9.27. The Labute approximate surface area is 169 Å². The van der Waals surface area contributed by atoms with Crippen LogP contribution in [-0.2, 0) is 0 Å². The predicted molar refractivity (Wildman–Crippen MR) is 107 cm³/mol. The summed E-state index contributed by atoms with van der Waals surface area (Å²) in [5.41, 5.74) is 2.38. The molecule has 0 spiro atoms. The second-order valence-electron chi connectivity index (χ2n) is 6.23. The van der Waals surface area contributed by atoms with Crippen LogP contribution in [0.3, 0.4) is 0 Å². The van der Waals surface area contributed by atoms with E-state index in [1.165, 1.54) is 12.4 Å². The zero-order valence-electron chi connectivity index (χ0n) is 14.8. The maximum atomic E-state index is 12.7. The van der Waals surface area contributed by atoms with E-state index in [0.29, 0.717) is 28.2 Å². The highest BCUT2D eigenvalue weighted by Crippen LogP contribution is 2.37. The molecular formula is C22H14BrNO4. The number of allylic oxidation sites excluding steroid dienone is 1. The summed E-state index contributed by atoms with van der Waals surface area (Å²) in [7, 11) is 0. The molecule has 5 nitrogen and oxygen atoms in total. The number of halogens is 1. The van der Waals surface area contributed by atoms with Gasteiger partial charge in [-0.3, -0.25) is 9.78 Å². The standard InChI is InChI=1S/C22H14BrNO4/c1-13-9-17(27-22(26)15-5-7-24-8-6-15)12-18-20(13)21(25)19(28-18)11-14-3-2-4-16(23)10-14/h2-12H,1H3/b19-11-. The van der Waals surface area contributed by atoms with Gasteiger partial charge in [0.1, 0.15) is 11.5 Å². The Morgan fingerprint density at radius 2 is 1.93 bits per heavy atom. The fourth-order valence-corrected chi connectivity index (χ4v) is 3.35. The van der Waals surface area contributed by atoms with Gasteiger partial charge in [-0.25, -0.2) is 4.79 Å². The number of ketones is 1. The third kappa shape index (κ3) is 3.59. The molecular weight excluding hydrogens is 422 g/mol. The molecule has 2 aromatic carbocycles. The number of pyridine rings is 1. The van der Waals surface area contributed by atoms with Gasteiger partial charge in [-0.15, -0.1) is 0 Å². The van der Waals surface area contributed by atoms with Crippen LogP contribution >= 0.6 is 15.9 Å². The van der Waals surface area contributed by atoms with Gasteiger partial charge >= 0.3 is 5.97 Å². The molecule has 28 heavy (non-hydrogen) atoms. The Kier molecular flexibility index (Phi) is 4.79. The molecule has 1 aliphatic heterocycles. The van der Waals surface area contributed by atoms with E-state index >= 15 is 0 Å². The number of carbonyl (C=O) groups is 2. The number of fused-ring (bicyclic) bond motifs is 1. The zero-order valence-corrected chi connectivity index (χ0v) is 16.4. The first-order valence-electron chi connectivity index (χ1n) is 8.48. The first kappa shape index (κ1) is 18.1. The third-order valence-electron chi connectivity index (χ3n) is 4.22. The predicted octanol–water partition coefficient (Wildman–Crippen LogP) is 4.99. The lowest BCUT2D eigenvalue weighted by molar-refractivity contribution is 0.0734. The molecule has 0 saturated carbocycles. The maximum absolute atomic E-state index is 12.7. The van der Waals surface area contributed by atoms with Crippen LogP contribution in [0.1, 0.15) is 31.8 Å². The second-order valence-corrected chi connectivity index (χ2v) is 7.15. The number of benzene rings is 2. The lowest BCUT2D eigenvalue weighted by Crippen LogP contribution is -2.08. The minimum atomic E-state index is -0.504. The fourth-order valence-electron chi connectivity index (χ4n) is 2.94. The van der Waals surface area contributed by atoms with Crippen LogP contribution in [0.25, 0.3) is 6.08 Å². The van der Waals surface area contributed by atoms with Crippen molar-refractivity contribution in [3.63, 3.8) is 0 Å². The van der Waals surface area contributed by atoms with E-state index in [4.69, 9.17) is 9.47 Å². The van der Waals surface area contributed by atoms with Crippen LogP contribution < -0.4 is 9.47 Å². The smallest absolute Gasteiger partial charge is 0.343 e. The topological polar surface area (TPSA) is 65.5 Å². The summed E-state index contributed by atoms with van der Waals surface area (Å²) < 4.78 is 12.1. The Balaban J connectivity index is 1.62. The molecule has 0 aliphatic carbocycles. The molecule has 3 aromatic rings. The molecule has 0 bridgehead atoms. The number of rotatable bonds is 3. The van der Waals surface area contributed by atoms with E-state index in [2.05, 4.69) is 20.9 Å². The Morgan fingerprint density at radius 1 is 1.14 bits per heavy atom. The first-order chi connectivity index (χ1) is 13.5. The zero-order chi connectivity index (χ0) is 19.7. The number of aryl methyl sites for hydroxylation is 1. The highest BCUT2D eigenvalue weighted by atomic mass is 79.9. The van der Waals surface area contributed by atoms with Crippen LogP contribution in [0.5, 0.6) is 11.5 Å². The van der Waals surface area contributed by atoms with Crippen molar-refractivity contribution in [1.29, 1.82) is 0 Å². The summed E-state index contributed by atoms with van der Waals surface area (Å²) in [6, 6.07) is 13.9. The van der Waals surface area contributed by atoms with Crippen molar-refractivity contribution < 1.29 is 19.1 Å². The monoisotopic (exact) mass is 435 g/mol. The minimum absolute atomic E-state index is 0.195. The van der Waals surface area contributed by atoms with Gasteiger partial charge in [0, 0.05) is 22.9 Å². The number of hydrogen-bond acceptors (Lipinski definition) is 5. The highest BCUT2D eigenvalue weighted by molar-refractivity contribution is 9.10. The normalized spacial score (nSPS) is 13.9. The summed E-state index contributed by atoms with van der Waals surface area (Å²) in [6.07, 6.45) is 4.73. The molecule has 0 amide bonds. The summed E-state index contributed by atoms with van der Waals surface area (Å²) in [5, 5.41) is 0. The lowest BCUT2D eigenvalue weighted by Gasteiger charge is -2.07. The van der Waals surface area contributed by atoms with Crippen molar-refractivity contribution in [2.75, 3.05) is 0 Å². The molecule has 0 atom stereocenters. The van der Waals surface area contributed by atoms with E-state index < -0.39 is 5.97 Å². The lowest BCUT2D eigenvalue weighted by atomic mass is 10.0. The molecule has 6 heteroatoms. The van der Waals surface area contributed by atoms with Crippen molar-refractivity contribution in [1.82, 2.24) is 4.98 Å². The van der Waals surface area contributed by atoms with Crippen molar-refractivity contribution in [3.05, 3.63) is 93.4 Å². The van der Waals surface area contributed by atoms with Gasteiger partial charge in [0.2, 0.25) is 5.78 Å². The average molecular weight is 436 g/mol. The summed E-state index contributed by atoms with van der Waals surface area (Å²) in [4.78, 5) is 28.9. The van der Waals surface area contributed by atoms with E-state index in [1.54, 1.807) is 37.3 Å². The molecule has 0 saturated heterocycles. The molecule has 0 unspecified atom stereocenters. The highest BCUT2D eigenvalue weighted by Gasteiger charge is 2.30. The van der Waals surface area contributed by atoms with Crippen LogP contribution in [-0.4, -0.2) is 16.7 Å². The number of aromatic nitrogens is 1. The number of ether oxygens (including phenoxy) is 2. The molecule has 1 aliphatic rings. The SMILES string of the molecule is Cc1cc(OC(=O)c2ccncc2)cc2c1C(=O)/C(=C/c1cccc(Br)c1)O2. The Hall–Kier alpha value is -3.25. The van der Waals surface area contributed by atoms with Crippen molar-refractivity contribution in [2.45, 2.75) is 6.92 Å². The Morgan fingerprint density at radius 3 is 2.68 bits per heavy atom. The van der Waals surface area contributed by atoms with E-state index in [-0.39, 0.29) is 11.5 Å². The molecule has 1 aromatic heterocycles. The number of carbonyl (C=O) groups excluding carboxylic acids is 2. The van der Waals surface area contributed by atoms with Gasteiger partial charge in [-0.05, 0) is 54.5 Å². The van der Waals surface area contributed by atoms with Crippen LogP contribution in [0.4, 0.5) is 0 Å². The van der Waals surface area contributed by atoms with Crippen molar-refractivity contribution >= 4 is 33.8 Å². The van der Waals surface area contributed by atoms with Crippen molar-refractivity contribution in [2.24, 2.45) is 0 Å². The van der Waals surface area contributed by atoms with Gasteiger partial charge in [0.15, 0.2) is 5.76 Å². The number of esters is 1. The number of Topliss-reactive ketones (excluding diaryl/α,β-unsaturated/α-hetero) is 1. The second kappa shape index (κ2) is 7.40. The molecule has 0 N–H and O–H groups in total. The quantitative estimate of drug-likeness (QED) is 0.329. The minimum Gasteiger partial charge on any atom is -0.452 e. The Bertz CT molecular complexity index is 1120. The summed E-state index contributed by atoms with van der Waals surface area (Å²) >= 11 is 3.41. The molecule has 4 rings (SSSR count). The van der Waals surface area contributed by atoms with E-state index in [1.807, 2.05) is 24.3 Å². The molecule has 0 radical (unpaired) electrons. The summed E-state index contributed by atoms with van der Waals surface area (Å²) in [5.74, 6) is 0.225. The van der Waals surface area contributed by atoms with Crippen LogP contribution in [0, 0.1) is 6.92 Å². The largest absolute Gasteiger partial charge is 0.452 e. The fraction of sp³-hybridized carbons (Fsp3) is 0.0455. The molecule has 2 heterocycles. The van der Waals surface area contributed by atoms with Gasteiger partial charge in [-0.2, -0.15) is 0 Å². The van der Waals surface area contributed by atoms with E-state index in [0.717, 1.165) is 10.0 Å². The van der Waals surface area contributed by atoms with Gasteiger partial charge in [0.05, 0.1) is 11.1 Å². The van der Waals surface area contributed by atoms with Crippen LogP contribution in [0.2, 0.25) is 0 Å². The van der Waals surface area contributed by atoms with Gasteiger partial charge in [0.25, 0.3) is 0 Å². The molecule has 138 valence electrons. The number of nitrogens with zero attached hydrogens (tertiary/aromatic N) is 1. The third-order valence-corrected chi connectivity index (χ3v) is 4.71. The average Bonchev–Trinajstić information content (AvgIpc) is 2.98. The van der Waals surface area contributed by atoms with Crippen molar-refractivity contribution in [3.8, 4) is 11.5 Å². The number of hydrogen-bond donors (Lipinski definition) is 0. The van der Waals surface area contributed by atoms with E-state index in [9.17, 15) is 9.59 Å². The van der Waals surface area contributed by atoms with Crippen LogP contribution in [0.15, 0.2) is 71.2 Å². The maximum Gasteiger partial charge on any atom is 0.343 e. The molecule has 0 fully saturated rings. The van der Waals surface area contributed by atoms with Gasteiger partial charge in [-0.1, -0.05) is 28.1 Å². The summed E-state index contributed by atoms with van der Waals surface area (Å²) in [6.45, 7) is 1.78.